The Balaban J connectivity index is 1.68. The van der Waals surface area contributed by atoms with E-state index in [-0.39, 0.29) is 18.9 Å². The largest absolute Gasteiger partial charge is 0.463 e. The van der Waals surface area contributed by atoms with Gasteiger partial charge >= 0.3 is 0 Å². The Morgan fingerprint density at radius 3 is 2.67 bits per heavy atom. The molecule has 0 aliphatic heterocycles. The van der Waals surface area contributed by atoms with Gasteiger partial charge in [0.05, 0.1) is 18.8 Å². The predicted octanol–water partition coefficient (Wildman–Crippen LogP) is 3.18. The van der Waals surface area contributed by atoms with Crippen molar-refractivity contribution in [3.05, 3.63) is 71.5 Å². The normalized spacial score (nSPS) is 13.9. The van der Waals surface area contributed by atoms with Gasteiger partial charge in [-0.25, -0.2) is 14.4 Å². The summed E-state index contributed by atoms with van der Waals surface area (Å²) in [5.41, 5.74) is -0.00637. The molecule has 2 aromatic heterocycles. The van der Waals surface area contributed by atoms with Crippen LogP contribution in [0.5, 0.6) is 0 Å². The zero-order valence-corrected chi connectivity index (χ0v) is 17.7. The molecule has 0 spiro atoms. The van der Waals surface area contributed by atoms with E-state index >= 15 is 0 Å². The summed E-state index contributed by atoms with van der Waals surface area (Å²) in [4.78, 5) is 8.63. The monoisotopic (exact) mass is 413 g/mol. The second kappa shape index (κ2) is 9.13. The van der Waals surface area contributed by atoms with Crippen LogP contribution in [0, 0.1) is 19.7 Å². The van der Waals surface area contributed by atoms with Crippen LogP contribution in [0.4, 0.5) is 4.39 Å². The molecule has 8 heteroatoms. The minimum atomic E-state index is -1.19. The van der Waals surface area contributed by atoms with Gasteiger partial charge in [0, 0.05) is 18.9 Å². The lowest BCUT2D eigenvalue weighted by atomic mass is 10.0. The minimum absolute atomic E-state index is 0.207. The SMILES string of the molecule is CCNC(=NCc1ccc(-n2ccnc2C)c(F)c1)NCC(C)(O)c1ccc(C)o1. The molecule has 0 fully saturated rings. The highest BCUT2D eigenvalue weighted by atomic mass is 19.1. The van der Waals surface area contributed by atoms with E-state index in [0.717, 1.165) is 17.1 Å². The first kappa shape index (κ1) is 21.6. The van der Waals surface area contributed by atoms with Gasteiger partial charge in [-0.15, -0.1) is 0 Å². The number of nitrogens with one attached hydrogen (secondary N) is 2. The zero-order chi connectivity index (χ0) is 21.7. The van der Waals surface area contributed by atoms with Crippen molar-refractivity contribution >= 4 is 5.96 Å². The number of halogens is 1. The Morgan fingerprint density at radius 1 is 1.27 bits per heavy atom. The van der Waals surface area contributed by atoms with Crippen LogP contribution >= 0.6 is 0 Å². The van der Waals surface area contributed by atoms with E-state index in [1.807, 2.05) is 32.9 Å². The van der Waals surface area contributed by atoms with Crippen LogP contribution in [0.2, 0.25) is 0 Å². The molecule has 3 N–H and O–H groups in total. The number of benzene rings is 1. The van der Waals surface area contributed by atoms with E-state index in [2.05, 4.69) is 20.6 Å². The maximum absolute atomic E-state index is 14.6. The summed E-state index contributed by atoms with van der Waals surface area (Å²) in [6.45, 7) is 8.43. The molecule has 0 saturated heterocycles. The zero-order valence-electron chi connectivity index (χ0n) is 17.7. The number of hydrogen-bond donors (Lipinski definition) is 3. The maximum Gasteiger partial charge on any atom is 0.191 e. The van der Waals surface area contributed by atoms with Crippen LogP contribution in [-0.2, 0) is 12.1 Å². The Morgan fingerprint density at radius 2 is 2.07 bits per heavy atom. The Labute approximate surface area is 175 Å². The van der Waals surface area contributed by atoms with Gasteiger partial charge in [0.2, 0.25) is 0 Å². The molecule has 0 amide bonds. The standard InChI is InChI=1S/C22H28FN5O2/c1-5-24-21(27-14-22(4,29)20-9-6-15(2)30-20)26-13-17-7-8-19(18(23)12-17)28-11-10-25-16(28)3/h6-12,29H,5,13-14H2,1-4H3,(H2,24,26,27). The van der Waals surface area contributed by atoms with E-state index in [1.54, 1.807) is 36.0 Å². The topological polar surface area (TPSA) is 87.6 Å². The number of nitrogens with zero attached hydrogens (tertiary/aromatic N) is 3. The van der Waals surface area contributed by atoms with Gasteiger partial charge in [-0.2, -0.15) is 0 Å². The number of aryl methyl sites for hydroxylation is 2. The van der Waals surface area contributed by atoms with Crippen molar-refractivity contribution in [1.82, 2.24) is 20.2 Å². The molecule has 1 aromatic carbocycles. The number of furan rings is 1. The van der Waals surface area contributed by atoms with Crippen LogP contribution in [0.15, 0.2) is 52.1 Å². The Bertz CT molecular complexity index is 1020. The van der Waals surface area contributed by atoms with Crippen molar-refractivity contribution in [2.75, 3.05) is 13.1 Å². The molecule has 160 valence electrons. The Hall–Kier alpha value is -3.13. The first-order chi connectivity index (χ1) is 14.3. The number of imidazole rings is 1. The summed E-state index contributed by atoms with van der Waals surface area (Å²) < 4.78 is 21.8. The summed E-state index contributed by atoms with van der Waals surface area (Å²) in [5, 5.41) is 16.9. The van der Waals surface area contributed by atoms with E-state index in [9.17, 15) is 9.50 Å². The average molecular weight is 413 g/mol. The highest BCUT2D eigenvalue weighted by Crippen LogP contribution is 2.22. The molecule has 3 rings (SSSR count). The summed E-state index contributed by atoms with van der Waals surface area (Å²) in [5.74, 6) is 2.13. The van der Waals surface area contributed by atoms with Gasteiger partial charge in [0.25, 0.3) is 0 Å². The third-order valence-electron chi connectivity index (χ3n) is 4.73. The summed E-state index contributed by atoms with van der Waals surface area (Å²) in [6.07, 6.45) is 3.37. The molecule has 30 heavy (non-hydrogen) atoms. The fourth-order valence-electron chi connectivity index (χ4n) is 3.06. The summed E-state index contributed by atoms with van der Waals surface area (Å²) in [7, 11) is 0. The average Bonchev–Trinajstić information content (AvgIpc) is 3.33. The van der Waals surface area contributed by atoms with Gasteiger partial charge in [0.15, 0.2) is 5.96 Å². The lowest BCUT2D eigenvalue weighted by Crippen LogP contribution is -2.44. The molecule has 7 nitrogen and oxygen atoms in total. The molecule has 1 unspecified atom stereocenters. The van der Waals surface area contributed by atoms with E-state index in [0.29, 0.717) is 24.0 Å². The highest BCUT2D eigenvalue weighted by Gasteiger charge is 2.27. The molecular formula is C22H28FN5O2. The van der Waals surface area contributed by atoms with Crippen LogP contribution in [-0.4, -0.2) is 33.7 Å². The summed E-state index contributed by atoms with van der Waals surface area (Å²) >= 11 is 0. The molecule has 0 saturated carbocycles. The Kier molecular flexibility index (Phi) is 6.56. The lowest BCUT2D eigenvalue weighted by molar-refractivity contribution is 0.0378. The molecule has 0 bridgehead atoms. The van der Waals surface area contributed by atoms with Crippen molar-refractivity contribution in [1.29, 1.82) is 0 Å². The second-order valence-electron chi connectivity index (χ2n) is 7.36. The van der Waals surface area contributed by atoms with Crippen molar-refractivity contribution in [2.45, 2.75) is 39.8 Å². The number of aliphatic hydroxyl groups is 1. The van der Waals surface area contributed by atoms with Crippen LogP contribution in [0.1, 0.15) is 36.8 Å². The number of aromatic nitrogens is 2. The third-order valence-corrected chi connectivity index (χ3v) is 4.73. The van der Waals surface area contributed by atoms with E-state index in [4.69, 9.17) is 4.42 Å². The number of guanidine groups is 1. The van der Waals surface area contributed by atoms with Crippen molar-refractivity contribution in [3.8, 4) is 5.69 Å². The maximum atomic E-state index is 14.6. The lowest BCUT2D eigenvalue weighted by Gasteiger charge is -2.22. The van der Waals surface area contributed by atoms with Gasteiger partial charge in [-0.3, -0.25) is 0 Å². The first-order valence-electron chi connectivity index (χ1n) is 9.90. The first-order valence-corrected chi connectivity index (χ1v) is 9.90. The predicted molar refractivity (Wildman–Crippen MR) is 114 cm³/mol. The van der Waals surface area contributed by atoms with Gasteiger partial charge in [-0.05, 0) is 57.5 Å². The molecule has 0 aliphatic rings. The number of hydrogen-bond acceptors (Lipinski definition) is 4. The van der Waals surface area contributed by atoms with Crippen LogP contribution in [0.25, 0.3) is 5.69 Å². The molecule has 0 aliphatic carbocycles. The fraction of sp³-hybridized carbons (Fsp3) is 0.364. The molecular weight excluding hydrogens is 385 g/mol. The molecule has 1 atom stereocenters. The molecule has 0 radical (unpaired) electrons. The van der Waals surface area contributed by atoms with E-state index < -0.39 is 5.60 Å². The van der Waals surface area contributed by atoms with Gasteiger partial charge < -0.3 is 24.7 Å². The third kappa shape index (κ3) is 5.07. The van der Waals surface area contributed by atoms with E-state index in [1.165, 1.54) is 6.07 Å². The molecule has 2 heterocycles. The quantitative estimate of drug-likeness (QED) is 0.409. The minimum Gasteiger partial charge on any atom is -0.463 e. The van der Waals surface area contributed by atoms with Crippen molar-refractivity contribution in [2.24, 2.45) is 4.99 Å². The van der Waals surface area contributed by atoms with Gasteiger partial charge in [0.1, 0.15) is 28.8 Å². The summed E-state index contributed by atoms with van der Waals surface area (Å²) in [6, 6.07) is 8.61. The molecule has 3 aromatic rings. The van der Waals surface area contributed by atoms with Crippen molar-refractivity contribution in [3.63, 3.8) is 0 Å². The van der Waals surface area contributed by atoms with Gasteiger partial charge in [-0.1, -0.05) is 6.07 Å². The smallest absolute Gasteiger partial charge is 0.191 e. The van der Waals surface area contributed by atoms with Crippen LogP contribution < -0.4 is 10.6 Å². The van der Waals surface area contributed by atoms with Crippen molar-refractivity contribution < 1.29 is 13.9 Å². The van der Waals surface area contributed by atoms with Crippen LogP contribution in [0.3, 0.4) is 0 Å². The number of rotatable bonds is 7. The number of aliphatic imine (C=N–C) groups is 1. The highest BCUT2D eigenvalue weighted by molar-refractivity contribution is 5.79. The second-order valence-corrected chi connectivity index (χ2v) is 7.36. The fourth-order valence-corrected chi connectivity index (χ4v) is 3.06.